The molecule has 0 atom stereocenters. The van der Waals surface area contributed by atoms with Crippen LogP contribution in [0, 0.1) is 18.8 Å². The molecule has 0 aliphatic heterocycles. The van der Waals surface area contributed by atoms with Gasteiger partial charge in [0.25, 0.3) is 0 Å². The first-order valence-electron chi connectivity index (χ1n) is 2.27. The quantitative estimate of drug-likeness (QED) is 0.375. The second-order valence-corrected chi connectivity index (χ2v) is 1.12. The monoisotopic (exact) mass is 97.1 g/mol. The molecule has 1 N–H and O–H groups in total. The predicted molar refractivity (Wildman–Crippen MR) is 29.5 cm³/mol. The van der Waals surface area contributed by atoms with E-state index >= 15 is 0 Å². The van der Waals surface area contributed by atoms with Gasteiger partial charge in [-0.15, -0.1) is 0 Å². The molecule has 0 aromatic rings. The van der Waals surface area contributed by atoms with Crippen molar-refractivity contribution in [2.45, 2.75) is 12.8 Å². The lowest BCUT2D eigenvalue weighted by molar-refractivity contribution is 0.350. The highest BCUT2D eigenvalue weighted by atomic mass is 16.2. The normalized spacial score (nSPS) is 7.00. The minimum absolute atomic E-state index is 0.0278. The molecule has 0 unspecified atom stereocenters. The largest absolute Gasteiger partial charge is 0.384 e. The molecule has 0 spiro atoms. The van der Waals surface area contributed by atoms with Gasteiger partial charge in [0, 0.05) is 6.42 Å². The Morgan fingerprint density at radius 2 is 2.14 bits per heavy atom. The van der Waals surface area contributed by atoms with Crippen molar-refractivity contribution in [1.82, 2.24) is 0 Å². The van der Waals surface area contributed by atoms with E-state index in [9.17, 15) is 0 Å². The SMILES string of the molecule is [CH2+]CCC#CCO. The first-order valence-corrected chi connectivity index (χ1v) is 2.27. The summed E-state index contributed by atoms with van der Waals surface area (Å²) in [6.07, 6.45) is 1.62. The van der Waals surface area contributed by atoms with E-state index in [0.717, 1.165) is 12.8 Å². The smallest absolute Gasteiger partial charge is 0.104 e. The van der Waals surface area contributed by atoms with Gasteiger partial charge in [0.2, 0.25) is 0 Å². The summed E-state index contributed by atoms with van der Waals surface area (Å²) >= 11 is 0. The average Bonchev–Trinajstić information content (AvgIpc) is 1.69. The summed E-state index contributed by atoms with van der Waals surface area (Å²) in [7, 11) is 0. The first kappa shape index (κ1) is 6.39. The standard InChI is InChI=1S/C6H9O/c1-2-3-4-5-6-7/h7H,1-3,6H2/q+1. The van der Waals surface area contributed by atoms with E-state index in [1.54, 1.807) is 0 Å². The Kier molecular flexibility index (Phi) is 4.92. The summed E-state index contributed by atoms with van der Waals surface area (Å²) in [6.45, 7) is 3.55. The zero-order chi connectivity index (χ0) is 5.54. The first-order chi connectivity index (χ1) is 3.41. The maximum atomic E-state index is 8.10. The van der Waals surface area contributed by atoms with Crippen LogP contribution < -0.4 is 0 Å². The lowest BCUT2D eigenvalue weighted by atomic mass is 10.3. The molecule has 0 rings (SSSR count). The third-order valence-electron chi connectivity index (χ3n) is 0.506. The van der Waals surface area contributed by atoms with Gasteiger partial charge in [-0.1, -0.05) is 11.8 Å². The summed E-state index contributed by atoms with van der Waals surface area (Å²) < 4.78 is 0. The molecule has 1 heteroatoms. The molecule has 1 nitrogen and oxygen atoms in total. The number of hydrogen-bond donors (Lipinski definition) is 1. The fraction of sp³-hybridized carbons (Fsp3) is 0.500. The Hall–Kier alpha value is -0.610. The van der Waals surface area contributed by atoms with E-state index in [-0.39, 0.29) is 6.61 Å². The maximum absolute atomic E-state index is 8.10. The van der Waals surface area contributed by atoms with Crippen LogP contribution in [-0.4, -0.2) is 11.7 Å². The van der Waals surface area contributed by atoms with Crippen LogP contribution in [0.2, 0.25) is 0 Å². The van der Waals surface area contributed by atoms with Crippen molar-refractivity contribution in [3.8, 4) is 11.8 Å². The molecule has 0 bridgehead atoms. The zero-order valence-electron chi connectivity index (χ0n) is 4.28. The van der Waals surface area contributed by atoms with Crippen molar-refractivity contribution < 1.29 is 5.11 Å². The predicted octanol–water partition coefficient (Wildman–Crippen LogP) is 0.596. The molecule has 0 fully saturated rings. The van der Waals surface area contributed by atoms with Gasteiger partial charge < -0.3 is 5.11 Å². The third kappa shape index (κ3) is 5.39. The summed E-state index contributed by atoms with van der Waals surface area (Å²) in [6, 6.07) is 0. The van der Waals surface area contributed by atoms with Crippen LogP contribution in [0.15, 0.2) is 0 Å². The summed E-state index contributed by atoms with van der Waals surface area (Å²) in [5, 5.41) is 8.10. The van der Waals surface area contributed by atoms with E-state index < -0.39 is 0 Å². The highest BCUT2D eigenvalue weighted by molar-refractivity contribution is 4.98. The lowest BCUT2D eigenvalue weighted by Gasteiger charge is -1.69. The molecule has 0 radical (unpaired) electrons. The summed E-state index contributed by atoms with van der Waals surface area (Å²) in [5.74, 6) is 5.24. The van der Waals surface area contributed by atoms with Gasteiger partial charge in [-0.25, -0.2) is 0 Å². The van der Waals surface area contributed by atoms with E-state index in [2.05, 4.69) is 18.8 Å². The second-order valence-electron chi connectivity index (χ2n) is 1.12. The molecule has 0 aliphatic rings. The fourth-order valence-corrected chi connectivity index (χ4v) is 0.233. The molecule has 0 aromatic carbocycles. The molecular formula is C6H9O+. The zero-order valence-corrected chi connectivity index (χ0v) is 4.28. The van der Waals surface area contributed by atoms with Gasteiger partial charge in [-0.05, 0) is 0 Å². The maximum Gasteiger partial charge on any atom is 0.104 e. The van der Waals surface area contributed by atoms with Crippen LogP contribution in [0.1, 0.15) is 12.8 Å². The van der Waals surface area contributed by atoms with Gasteiger partial charge in [0.1, 0.15) is 6.61 Å². The summed E-state index contributed by atoms with van der Waals surface area (Å²) in [4.78, 5) is 0. The van der Waals surface area contributed by atoms with Crippen LogP contribution >= 0.6 is 0 Å². The van der Waals surface area contributed by atoms with E-state index in [0.29, 0.717) is 0 Å². The van der Waals surface area contributed by atoms with E-state index in [1.165, 1.54) is 0 Å². The van der Waals surface area contributed by atoms with Crippen molar-refractivity contribution in [3.05, 3.63) is 6.92 Å². The van der Waals surface area contributed by atoms with Gasteiger partial charge in [-0.2, -0.15) is 0 Å². The number of hydrogen-bond acceptors (Lipinski definition) is 1. The lowest BCUT2D eigenvalue weighted by Crippen LogP contribution is -1.70. The van der Waals surface area contributed by atoms with E-state index in [4.69, 9.17) is 5.11 Å². The highest BCUT2D eigenvalue weighted by Crippen LogP contribution is 1.78. The fourth-order valence-electron chi connectivity index (χ4n) is 0.233. The summed E-state index contributed by atoms with van der Waals surface area (Å²) in [5.41, 5.74) is 0. The topological polar surface area (TPSA) is 20.2 Å². The van der Waals surface area contributed by atoms with Crippen LogP contribution in [0.25, 0.3) is 0 Å². The molecule has 0 aromatic heterocycles. The Labute approximate surface area is 44.4 Å². The van der Waals surface area contributed by atoms with Crippen molar-refractivity contribution >= 4 is 0 Å². The average molecular weight is 97.1 g/mol. The van der Waals surface area contributed by atoms with Crippen molar-refractivity contribution in [2.24, 2.45) is 0 Å². The number of aliphatic hydroxyl groups excluding tert-OH is 1. The van der Waals surface area contributed by atoms with E-state index in [1.807, 2.05) is 0 Å². The van der Waals surface area contributed by atoms with Crippen molar-refractivity contribution in [2.75, 3.05) is 6.61 Å². The van der Waals surface area contributed by atoms with Gasteiger partial charge in [0.15, 0.2) is 0 Å². The van der Waals surface area contributed by atoms with Gasteiger partial charge in [0.05, 0.1) is 13.3 Å². The molecule has 0 heterocycles. The molecule has 7 heavy (non-hydrogen) atoms. The van der Waals surface area contributed by atoms with Crippen LogP contribution in [-0.2, 0) is 0 Å². The van der Waals surface area contributed by atoms with Gasteiger partial charge >= 0.3 is 0 Å². The molecular weight excluding hydrogens is 88.1 g/mol. The molecule has 0 amide bonds. The Bertz CT molecular complexity index is 75.9. The van der Waals surface area contributed by atoms with Gasteiger partial charge in [-0.3, -0.25) is 0 Å². The number of rotatable bonds is 1. The third-order valence-corrected chi connectivity index (χ3v) is 0.506. The highest BCUT2D eigenvalue weighted by Gasteiger charge is 1.72. The Balaban J connectivity index is 2.91. The molecule has 0 saturated carbocycles. The van der Waals surface area contributed by atoms with Crippen molar-refractivity contribution in [1.29, 1.82) is 0 Å². The minimum atomic E-state index is -0.0278. The second kappa shape index (κ2) is 5.39. The molecule has 0 aliphatic carbocycles. The van der Waals surface area contributed by atoms with Crippen LogP contribution in [0.4, 0.5) is 0 Å². The minimum Gasteiger partial charge on any atom is -0.384 e. The van der Waals surface area contributed by atoms with Crippen LogP contribution in [0.5, 0.6) is 0 Å². The molecule has 0 saturated heterocycles. The molecule has 38 valence electrons. The number of unbranched alkanes of at least 4 members (excludes halogenated alkanes) is 1. The number of aliphatic hydroxyl groups is 1. The Morgan fingerprint density at radius 1 is 1.43 bits per heavy atom. The Morgan fingerprint density at radius 3 is 2.57 bits per heavy atom. The van der Waals surface area contributed by atoms with Crippen LogP contribution in [0.3, 0.4) is 0 Å². The van der Waals surface area contributed by atoms with Crippen molar-refractivity contribution in [3.63, 3.8) is 0 Å².